The van der Waals surface area contributed by atoms with Crippen LogP contribution >= 0.6 is 0 Å². The smallest absolute Gasteiger partial charge is 0.258 e. The molecule has 4 aliphatic rings. The van der Waals surface area contributed by atoms with Gasteiger partial charge in [-0.05, 0) is 69.6 Å². The average molecular weight is 511 g/mol. The first-order valence-corrected chi connectivity index (χ1v) is 14.7. The van der Waals surface area contributed by atoms with Gasteiger partial charge in [-0.3, -0.25) is 9.52 Å². The Balaban J connectivity index is 1.28. The molecule has 0 saturated heterocycles. The number of fused-ring (bicyclic) bond motifs is 1. The van der Waals surface area contributed by atoms with Crippen molar-refractivity contribution in [2.45, 2.75) is 74.6 Å². The fourth-order valence-electron chi connectivity index (χ4n) is 5.24. The minimum absolute atomic E-state index is 0.0214. The Hall–Kier alpha value is -2.94. The first-order chi connectivity index (χ1) is 17.4. The van der Waals surface area contributed by atoms with Crippen LogP contribution in [-0.4, -0.2) is 43.8 Å². The Morgan fingerprint density at radius 1 is 1.14 bits per heavy atom. The van der Waals surface area contributed by atoms with Crippen molar-refractivity contribution in [1.29, 1.82) is 0 Å². The molecule has 3 saturated carbocycles. The number of ether oxygens (including phenoxy) is 1. The van der Waals surface area contributed by atoms with Gasteiger partial charge in [0.05, 0.1) is 16.5 Å². The van der Waals surface area contributed by atoms with E-state index in [2.05, 4.69) is 38.1 Å². The van der Waals surface area contributed by atoms with E-state index in [1.54, 1.807) is 0 Å². The minimum Gasteiger partial charge on any atom is -0.484 e. The third-order valence-electron chi connectivity index (χ3n) is 7.69. The number of nitrogens with one attached hydrogen (secondary N) is 3. The van der Waals surface area contributed by atoms with Crippen LogP contribution in [0.4, 0.5) is 5.69 Å². The molecular formula is C27H34N4O4S. The molecule has 192 valence electrons. The third-order valence-corrected chi connectivity index (χ3v) is 9.56. The Bertz CT molecular complexity index is 1350. The van der Waals surface area contributed by atoms with E-state index in [1.807, 2.05) is 25.3 Å². The normalized spacial score (nSPS) is 22.1. The number of anilines is 1. The Morgan fingerprint density at radius 2 is 1.94 bits per heavy atom. The maximum Gasteiger partial charge on any atom is 0.258 e. The van der Waals surface area contributed by atoms with Gasteiger partial charge in [0.2, 0.25) is 10.0 Å². The minimum atomic E-state index is -3.27. The fourth-order valence-corrected chi connectivity index (χ4v) is 6.64. The first kappa shape index (κ1) is 23.5. The Morgan fingerprint density at radius 3 is 2.56 bits per heavy atom. The lowest BCUT2D eigenvalue weighted by Gasteiger charge is -2.32. The molecule has 2 aromatic rings. The lowest BCUT2D eigenvalue weighted by Crippen LogP contribution is -2.30. The van der Waals surface area contributed by atoms with Gasteiger partial charge in [0.1, 0.15) is 5.75 Å². The van der Waals surface area contributed by atoms with E-state index in [0.717, 1.165) is 61.5 Å². The van der Waals surface area contributed by atoms with Crippen molar-refractivity contribution in [2.75, 3.05) is 19.0 Å². The molecule has 0 aliphatic heterocycles. The van der Waals surface area contributed by atoms with Crippen LogP contribution in [0.1, 0.15) is 69.0 Å². The number of sulfonamides is 1. The lowest BCUT2D eigenvalue weighted by atomic mass is 9.90. The summed E-state index contributed by atoms with van der Waals surface area (Å²) in [4.78, 5) is 12.1. The largest absolute Gasteiger partial charge is 0.484 e. The van der Waals surface area contributed by atoms with Gasteiger partial charge in [0, 0.05) is 47.9 Å². The molecule has 1 atom stereocenters. The fraction of sp³-hybridized carbons (Fsp3) is 0.519. The highest BCUT2D eigenvalue weighted by molar-refractivity contribution is 7.90. The molecule has 0 radical (unpaired) electrons. The topological polar surface area (TPSA) is 101 Å². The molecule has 36 heavy (non-hydrogen) atoms. The van der Waals surface area contributed by atoms with E-state index < -0.39 is 10.0 Å². The highest BCUT2D eigenvalue weighted by Gasteiger charge is 2.36. The summed E-state index contributed by atoms with van der Waals surface area (Å²) < 4.78 is 35.8. The van der Waals surface area contributed by atoms with Crippen LogP contribution in [0.25, 0.3) is 10.9 Å². The number of carbonyl (C=O) groups excluding carboxylic acids is 1. The van der Waals surface area contributed by atoms with Gasteiger partial charge in [0.25, 0.3) is 5.91 Å². The summed E-state index contributed by atoms with van der Waals surface area (Å²) >= 11 is 0. The molecule has 8 nitrogen and oxygen atoms in total. The van der Waals surface area contributed by atoms with E-state index >= 15 is 0 Å². The molecule has 1 heterocycles. The number of hydrogen-bond acceptors (Lipinski definition) is 5. The Labute approximate surface area is 212 Å². The molecule has 1 amide bonds. The number of hydrogen-bond donors (Lipinski definition) is 3. The van der Waals surface area contributed by atoms with Gasteiger partial charge < -0.3 is 19.9 Å². The highest BCUT2D eigenvalue weighted by atomic mass is 32.2. The van der Waals surface area contributed by atoms with Gasteiger partial charge in [-0.2, -0.15) is 0 Å². The second kappa shape index (κ2) is 9.18. The van der Waals surface area contributed by atoms with E-state index in [0.29, 0.717) is 23.5 Å². The quantitative estimate of drug-likeness (QED) is 0.447. The second-order valence-electron chi connectivity index (χ2n) is 10.5. The molecule has 9 heteroatoms. The number of amides is 1. The summed E-state index contributed by atoms with van der Waals surface area (Å²) in [6.45, 7) is 0.0214. The average Bonchev–Trinajstić information content (AvgIpc) is 3.75. The van der Waals surface area contributed by atoms with Crippen LogP contribution in [0.3, 0.4) is 0 Å². The molecular weight excluding hydrogens is 476 g/mol. The third kappa shape index (κ3) is 4.61. The van der Waals surface area contributed by atoms with E-state index in [9.17, 15) is 13.2 Å². The number of carbonyl (C=O) groups is 1. The van der Waals surface area contributed by atoms with E-state index in [4.69, 9.17) is 4.74 Å². The summed E-state index contributed by atoms with van der Waals surface area (Å²) in [6.07, 6.45) is 13.8. The van der Waals surface area contributed by atoms with Gasteiger partial charge in [0.15, 0.2) is 6.61 Å². The van der Waals surface area contributed by atoms with Crippen molar-refractivity contribution >= 4 is 32.5 Å². The van der Waals surface area contributed by atoms with E-state index in [1.165, 1.54) is 12.1 Å². The van der Waals surface area contributed by atoms with Crippen molar-refractivity contribution < 1.29 is 17.9 Å². The molecule has 0 spiro atoms. The van der Waals surface area contributed by atoms with Crippen LogP contribution in [0.2, 0.25) is 0 Å². The summed E-state index contributed by atoms with van der Waals surface area (Å²) in [7, 11) is -1.32. The molecule has 6 rings (SSSR count). The highest BCUT2D eigenvalue weighted by Crippen LogP contribution is 2.46. The van der Waals surface area contributed by atoms with Crippen molar-refractivity contribution in [2.24, 2.45) is 0 Å². The zero-order valence-corrected chi connectivity index (χ0v) is 21.4. The summed E-state index contributed by atoms with van der Waals surface area (Å²) in [6, 6.07) is 6.81. The molecule has 4 aliphatic carbocycles. The first-order valence-electron chi connectivity index (χ1n) is 13.1. The number of nitrogens with zero attached hydrogens (tertiary/aromatic N) is 1. The molecule has 1 aromatic heterocycles. The van der Waals surface area contributed by atoms with Crippen molar-refractivity contribution in [3.8, 4) is 5.75 Å². The molecule has 1 aromatic carbocycles. The van der Waals surface area contributed by atoms with Gasteiger partial charge in [-0.15, -0.1) is 0 Å². The predicted molar refractivity (Wildman–Crippen MR) is 141 cm³/mol. The molecule has 3 N–H and O–H groups in total. The van der Waals surface area contributed by atoms with Gasteiger partial charge >= 0.3 is 0 Å². The van der Waals surface area contributed by atoms with Crippen molar-refractivity contribution in [3.63, 3.8) is 0 Å². The maximum absolute atomic E-state index is 12.4. The van der Waals surface area contributed by atoms with Crippen LogP contribution in [0.5, 0.6) is 5.75 Å². The number of aromatic nitrogens is 1. The summed E-state index contributed by atoms with van der Waals surface area (Å²) in [5, 5.41) is 7.30. The SMILES string of the molecule is CNc1c(C2C=CC(NS(=O)(=O)C3CC3)=CC2)n(C2CCC2)c2cc(OCC(=O)NC3CC3)ccc12. The predicted octanol–water partition coefficient (Wildman–Crippen LogP) is 4.07. The van der Waals surface area contributed by atoms with Gasteiger partial charge in [-0.25, -0.2) is 8.42 Å². The number of allylic oxidation sites excluding steroid dienone is 3. The van der Waals surface area contributed by atoms with Crippen molar-refractivity contribution in [3.05, 3.63) is 47.8 Å². The van der Waals surface area contributed by atoms with E-state index in [-0.39, 0.29) is 23.7 Å². The molecule has 3 fully saturated rings. The van der Waals surface area contributed by atoms with Crippen LogP contribution in [0.15, 0.2) is 42.1 Å². The van der Waals surface area contributed by atoms with Gasteiger partial charge in [-0.1, -0.05) is 12.2 Å². The second-order valence-corrected chi connectivity index (χ2v) is 12.4. The Kier molecular flexibility index (Phi) is 5.98. The van der Waals surface area contributed by atoms with Crippen LogP contribution in [-0.2, 0) is 14.8 Å². The zero-order chi connectivity index (χ0) is 24.9. The molecule has 1 unspecified atom stereocenters. The summed E-state index contributed by atoms with van der Waals surface area (Å²) in [5.41, 5.74) is 4.09. The van der Waals surface area contributed by atoms with Crippen molar-refractivity contribution in [1.82, 2.24) is 14.6 Å². The maximum atomic E-state index is 12.4. The summed E-state index contributed by atoms with van der Waals surface area (Å²) in [5.74, 6) is 0.746. The molecule has 0 bridgehead atoms. The lowest BCUT2D eigenvalue weighted by molar-refractivity contribution is -0.123. The van der Waals surface area contributed by atoms with Crippen LogP contribution in [0, 0.1) is 0 Å². The standard InChI is InChI=1S/C27H34N4O4S/c1-28-26-23-14-11-21(35-16-25(32)29-18-9-10-18)15-24(23)31(20-3-2-4-20)27(26)17-5-7-19(8-6-17)30-36(33,34)22-12-13-22/h5,7-8,11,14-15,17-18,20,22,28,30H,2-4,6,9-10,12-13,16H2,1H3,(H,29,32). The number of rotatable bonds is 10. The number of benzene rings is 1. The zero-order valence-electron chi connectivity index (χ0n) is 20.6. The monoisotopic (exact) mass is 510 g/mol. The van der Waals surface area contributed by atoms with Crippen LogP contribution < -0.4 is 20.1 Å².